The van der Waals surface area contributed by atoms with Gasteiger partial charge in [-0.3, -0.25) is 9.59 Å². The SMILES string of the molecule is C[C@H](C(N)=O)N(c1ccc(Cl)c(F)c1)c1nc(N)c(C(=O)c2ccc(OCc3ccccc3)cc2)s1. The summed E-state index contributed by atoms with van der Waals surface area (Å²) in [6, 6.07) is 19.5. The maximum Gasteiger partial charge on any atom is 0.240 e. The van der Waals surface area contributed by atoms with Crippen molar-refractivity contribution in [3.8, 4) is 5.75 Å². The van der Waals surface area contributed by atoms with E-state index in [4.69, 9.17) is 27.8 Å². The second kappa shape index (κ2) is 10.8. The van der Waals surface area contributed by atoms with Gasteiger partial charge >= 0.3 is 0 Å². The number of nitrogen functional groups attached to an aromatic ring is 1. The lowest BCUT2D eigenvalue weighted by molar-refractivity contribution is -0.118. The molecule has 36 heavy (non-hydrogen) atoms. The van der Waals surface area contributed by atoms with Crippen LogP contribution in [-0.2, 0) is 11.4 Å². The summed E-state index contributed by atoms with van der Waals surface area (Å²) in [7, 11) is 0. The van der Waals surface area contributed by atoms with E-state index < -0.39 is 17.8 Å². The average Bonchev–Trinajstić information content (AvgIpc) is 3.26. The summed E-state index contributed by atoms with van der Waals surface area (Å²) >= 11 is 6.78. The number of hydrogen-bond donors (Lipinski definition) is 2. The normalized spacial score (nSPS) is 11.6. The Hall–Kier alpha value is -3.95. The monoisotopic (exact) mass is 524 g/mol. The van der Waals surface area contributed by atoms with E-state index in [9.17, 15) is 14.0 Å². The van der Waals surface area contributed by atoms with Gasteiger partial charge < -0.3 is 21.1 Å². The van der Waals surface area contributed by atoms with Gasteiger partial charge in [0.25, 0.3) is 0 Å². The fourth-order valence-corrected chi connectivity index (χ4v) is 4.59. The average molecular weight is 525 g/mol. The molecule has 0 spiro atoms. The Bertz CT molecular complexity index is 1400. The second-order valence-corrected chi connectivity index (χ2v) is 9.27. The number of primary amides is 1. The summed E-state index contributed by atoms with van der Waals surface area (Å²) in [5, 5.41) is 0.142. The number of carbonyl (C=O) groups excluding carboxylic acids is 2. The first kappa shape index (κ1) is 25.2. The van der Waals surface area contributed by atoms with Gasteiger partial charge in [-0.2, -0.15) is 0 Å². The summed E-state index contributed by atoms with van der Waals surface area (Å²) in [6.07, 6.45) is 0. The van der Waals surface area contributed by atoms with Crippen molar-refractivity contribution in [3.63, 3.8) is 0 Å². The topological polar surface area (TPSA) is 112 Å². The molecule has 7 nitrogen and oxygen atoms in total. The molecule has 1 aromatic heterocycles. The molecule has 184 valence electrons. The number of ether oxygens (including phenoxy) is 1. The standard InChI is InChI=1S/C26H22ClFN4O3S/c1-15(25(30)34)32(18-9-12-20(27)21(28)13-18)26-31-24(29)23(36-26)22(33)17-7-10-19(11-8-17)35-14-16-5-3-2-4-6-16/h2-13,15H,14,29H2,1H3,(H2,30,34)/t15-/m1/s1. The zero-order chi connectivity index (χ0) is 25.8. The molecule has 0 aliphatic heterocycles. The van der Waals surface area contributed by atoms with E-state index in [2.05, 4.69) is 4.98 Å². The largest absolute Gasteiger partial charge is 0.489 e. The van der Waals surface area contributed by atoms with Crippen LogP contribution in [0.5, 0.6) is 5.75 Å². The van der Waals surface area contributed by atoms with Gasteiger partial charge in [0, 0.05) is 11.3 Å². The maximum absolute atomic E-state index is 14.2. The number of nitrogens with zero attached hydrogens (tertiary/aromatic N) is 2. The van der Waals surface area contributed by atoms with Gasteiger partial charge in [-0.25, -0.2) is 9.37 Å². The maximum atomic E-state index is 14.2. The van der Waals surface area contributed by atoms with Crippen molar-refractivity contribution in [2.45, 2.75) is 19.6 Å². The number of aromatic nitrogens is 1. The summed E-state index contributed by atoms with van der Waals surface area (Å²) in [6.45, 7) is 1.94. The summed E-state index contributed by atoms with van der Waals surface area (Å²) in [5.41, 5.74) is 13.3. The minimum absolute atomic E-state index is 0.0134. The lowest BCUT2D eigenvalue weighted by Crippen LogP contribution is -2.40. The first-order chi connectivity index (χ1) is 17.2. The van der Waals surface area contributed by atoms with Crippen LogP contribution in [0.2, 0.25) is 5.02 Å². The lowest BCUT2D eigenvalue weighted by Gasteiger charge is -2.26. The van der Waals surface area contributed by atoms with Gasteiger partial charge in [0.2, 0.25) is 11.7 Å². The number of amides is 1. The van der Waals surface area contributed by atoms with Crippen LogP contribution < -0.4 is 21.1 Å². The Balaban J connectivity index is 1.58. The van der Waals surface area contributed by atoms with Crippen molar-refractivity contribution in [1.82, 2.24) is 4.98 Å². The first-order valence-corrected chi connectivity index (χ1v) is 12.1. The molecule has 0 aliphatic rings. The zero-order valence-electron chi connectivity index (χ0n) is 19.2. The van der Waals surface area contributed by atoms with E-state index in [1.165, 1.54) is 17.0 Å². The van der Waals surface area contributed by atoms with E-state index in [-0.39, 0.29) is 32.3 Å². The molecule has 0 aliphatic carbocycles. The molecular weight excluding hydrogens is 503 g/mol. The molecule has 4 aromatic rings. The number of thiazole rings is 1. The van der Waals surface area contributed by atoms with Crippen LogP contribution in [0.3, 0.4) is 0 Å². The Morgan fingerprint density at radius 1 is 1.11 bits per heavy atom. The Morgan fingerprint density at radius 2 is 1.81 bits per heavy atom. The van der Waals surface area contributed by atoms with Gasteiger partial charge in [0.1, 0.15) is 34.9 Å². The molecule has 4 rings (SSSR count). The third-order valence-corrected chi connectivity index (χ3v) is 6.78. The molecule has 0 fully saturated rings. The highest BCUT2D eigenvalue weighted by Crippen LogP contribution is 2.37. The minimum atomic E-state index is -0.903. The van der Waals surface area contributed by atoms with Crippen molar-refractivity contribution in [3.05, 3.63) is 99.6 Å². The number of rotatable bonds is 9. The Kier molecular flexibility index (Phi) is 7.52. The predicted molar refractivity (Wildman–Crippen MR) is 139 cm³/mol. The number of anilines is 3. The lowest BCUT2D eigenvalue weighted by atomic mass is 10.1. The highest BCUT2D eigenvalue weighted by molar-refractivity contribution is 7.18. The summed E-state index contributed by atoms with van der Waals surface area (Å²) < 4.78 is 19.9. The Morgan fingerprint density at radius 3 is 2.44 bits per heavy atom. The fourth-order valence-electron chi connectivity index (χ4n) is 3.42. The number of halogens is 2. The highest BCUT2D eigenvalue weighted by Gasteiger charge is 2.28. The van der Waals surface area contributed by atoms with Gasteiger partial charge in [-0.1, -0.05) is 53.3 Å². The second-order valence-electron chi connectivity index (χ2n) is 7.89. The van der Waals surface area contributed by atoms with Crippen molar-refractivity contribution in [1.29, 1.82) is 0 Å². The third kappa shape index (κ3) is 5.48. The van der Waals surface area contributed by atoms with Crippen molar-refractivity contribution >= 4 is 51.3 Å². The molecule has 0 saturated heterocycles. The number of hydrogen-bond acceptors (Lipinski definition) is 7. The van der Waals surface area contributed by atoms with Gasteiger partial charge in [-0.05, 0) is 55.0 Å². The zero-order valence-corrected chi connectivity index (χ0v) is 20.7. The number of benzene rings is 3. The van der Waals surface area contributed by atoms with Gasteiger partial charge in [-0.15, -0.1) is 0 Å². The van der Waals surface area contributed by atoms with E-state index in [1.807, 2.05) is 30.3 Å². The van der Waals surface area contributed by atoms with E-state index in [1.54, 1.807) is 31.2 Å². The molecular formula is C26H22ClFN4O3S. The molecule has 1 atom stereocenters. The molecule has 0 saturated carbocycles. The van der Waals surface area contributed by atoms with Gasteiger partial charge in [0.05, 0.1) is 5.02 Å². The first-order valence-electron chi connectivity index (χ1n) is 10.9. The van der Waals surface area contributed by atoms with Crippen LogP contribution in [-0.4, -0.2) is 22.7 Å². The fraction of sp³-hybridized carbons (Fsp3) is 0.115. The number of carbonyl (C=O) groups is 2. The smallest absolute Gasteiger partial charge is 0.240 e. The highest BCUT2D eigenvalue weighted by atomic mass is 35.5. The van der Waals surface area contributed by atoms with Crippen molar-refractivity contribution in [2.75, 3.05) is 10.6 Å². The quantitative estimate of drug-likeness (QED) is 0.286. The van der Waals surface area contributed by atoms with E-state index in [0.717, 1.165) is 23.0 Å². The number of ketones is 1. The van der Waals surface area contributed by atoms with Crippen LogP contribution in [0, 0.1) is 5.82 Å². The van der Waals surface area contributed by atoms with Crippen LogP contribution in [0.4, 0.5) is 21.0 Å². The van der Waals surface area contributed by atoms with Gasteiger partial charge in [0.15, 0.2) is 5.13 Å². The number of nitrogens with two attached hydrogens (primary N) is 2. The third-order valence-electron chi connectivity index (χ3n) is 5.40. The molecule has 3 aromatic carbocycles. The van der Waals surface area contributed by atoms with Crippen LogP contribution in [0.1, 0.15) is 27.7 Å². The molecule has 1 amide bonds. The molecule has 4 N–H and O–H groups in total. The molecule has 1 heterocycles. The van der Waals surface area contributed by atoms with E-state index >= 15 is 0 Å². The van der Waals surface area contributed by atoms with Crippen molar-refractivity contribution < 1.29 is 18.7 Å². The molecule has 0 unspecified atom stereocenters. The predicted octanol–water partition coefficient (Wildman–Crippen LogP) is 5.34. The minimum Gasteiger partial charge on any atom is -0.489 e. The van der Waals surface area contributed by atoms with Crippen LogP contribution >= 0.6 is 22.9 Å². The van der Waals surface area contributed by atoms with Crippen LogP contribution in [0.15, 0.2) is 72.8 Å². The van der Waals surface area contributed by atoms with E-state index in [0.29, 0.717) is 17.9 Å². The van der Waals surface area contributed by atoms with Crippen LogP contribution in [0.25, 0.3) is 0 Å². The molecule has 0 radical (unpaired) electrons. The summed E-state index contributed by atoms with van der Waals surface area (Å²) in [5.74, 6) is -1.09. The molecule has 10 heteroatoms. The Labute approximate surface area is 216 Å². The summed E-state index contributed by atoms with van der Waals surface area (Å²) in [4.78, 5) is 31.1. The van der Waals surface area contributed by atoms with Crippen molar-refractivity contribution in [2.24, 2.45) is 5.73 Å². The molecule has 0 bridgehead atoms.